The van der Waals surface area contributed by atoms with E-state index in [1.807, 2.05) is 25.1 Å². The number of hydrogen-bond acceptors (Lipinski definition) is 5. The van der Waals surface area contributed by atoms with Gasteiger partial charge in [-0.15, -0.1) is 0 Å². The third kappa shape index (κ3) is 2.22. The summed E-state index contributed by atoms with van der Waals surface area (Å²) < 4.78 is 5.43. The van der Waals surface area contributed by atoms with Crippen molar-refractivity contribution in [3.63, 3.8) is 0 Å². The van der Waals surface area contributed by atoms with Crippen molar-refractivity contribution in [1.82, 2.24) is 4.90 Å². The van der Waals surface area contributed by atoms with Gasteiger partial charge in [0, 0.05) is 22.3 Å². The summed E-state index contributed by atoms with van der Waals surface area (Å²) in [6.07, 6.45) is 1.66. The summed E-state index contributed by atoms with van der Waals surface area (Å²) in [4.78, 5) is 44.8. The number of imide groups is 1. The van der Waals surface area contributed by atoms with Gasteiger partial charge < -0.3 is 10.1 Å². The number of benzene rings is 2. The molecule has 0 aromatic heterocycles. The highest BCUT2D eigenvalue weighted by atomic mass is 35.5. The molecule has 0 saturated carbocycles. The van der Waals surface area contributed by atoms with Crippen LogP contribution in [-0.2, 0) is 19.9 Å². The lowest BCUT2D eigenvalue weighted by Crippen LogP contribution is -2.54. The van der Waals surface area contributed by atoms with Gasteiger partial charge in [-0.2, -0.15) is 0 Å². The van der Waals surface area contributed by atoms with Gasteiger partial charge >= 0.3 is 0 Å². The second-order valence-electron chi connectivity index (χ2n) is 9.00. The number of aryl methyl sites for hydroxylation is 1. The van der Waals surface area contributed by atoms with Crippen LogP contribution in [0, 0.1) is 18.8 Å². The van der Waals surface area contributed by atoms with E-state index < -0.39 is 17.4 Å². The topological polar surface area (TPSA) is 79.0 Å². The molecule has 1 N–H and O–H groups in total. The van der Waals surface area contributed by atoms with Gasteiger partial charge in [-0.1, -0.05) is 29.3 Å². The number of anilines is 2. The van der Waals surface area contributed by atoms with Gasteiger partial charge in [0.15, 0.2) is 0 Å². The fourth-order valence-corrected chi connectivity index (χ4v) is 6.56. The Labute approximate surface area is 190 Å². The van der Waals surface area contributed by atoms with Crippen molar-refractivity contribution in [1.29, 1.82) is 0 Å². The molecule has 3 amide bonds. The molecule has 7 nitrogen and oxygen atoms in total. The first-order valence-corrected chi connectivity index (χ1v) is 11.2. The highest BCUT2D eigenvalue weighted by Gasteiger charge is 2.74. The molecular formula is C24H22ClN3O4. The number of fused-ring (bicyclic) bond motifs is 7. The Kier molecular flexibility index (Phi) is 4.05. The predicted molar refractivity (Wildman–Crippen MR) is 119 cm³/mol. The van der Waals surface area contributed by atoms with Crippen LogP contribution in [0.1, 0.15) is 24.0 Å². The number of amides is 3. The van der Waals surface area contributed by atoms with Crippen LogP contribution in [0.5, 0.6) is 5.75 Å². The molecule has 0 unspecified atom stereocenters. The van der Waals surface area contributed by atoms with E-state index in [2.05, 4.69) is 10.2 Å². The molecule has 2 aromatic carbocycles. The maximum atomic E-state index is 14.0. The third-order valence-corrected chi connectivity index (χ3v) is 7.76. The second-order valence-corrected chi connectivity index (χ2v) is 9.44. The van der Waals surface area contributed by atoms with E-state index in [4.69, 9.17) is 16.3 Å². The molecule has 8 heteroatoms. The van der Waals surface area contributed by atoms with Gasteiger partial charge in [-0.05, 0) is 50.6 Å². The maximum absolute atomic E-state index is 14.0. The van der Waals surface area contributed by atoms with Crippen molar-refractivity contribution in [2.45, 2.75) is 31.3 Å². The zero-order valence-electron chi connectivity index (χ0n) is 17.7. The first-order chi connectivity index (χ1) is 15.4. The van der Waals surface area contributed by atoms with Crippen LogP contribution in [0.3, 0.4) is 0 Å². The Morgan fingerprint density at radius 3 is 2.72 bits per heavy atom. The van der Waals surface area contributed by atoms with E-state index in [1.165, 1.54) is 12.0 Å². The van der Waals surface area contributed by atoms with Gasteiger partial charge in [0.25, 0.3) is 0 Å². The van der Waals surface area contributed by atoms with E-state index in [9.17, 15) is 14.4 Å². The summed E-state index contributed by atoms with van der Waals surface area (Å²) in [6.45, 7) is 2.65. The lowest BCUT2D eigenvalue weighted by Gasteiger charge is -2.36. The molecule has 6 rings (SSSR count). The molecule has 3 fully saturated rings. The molecule has 0 aliphatic carbocycles. The van der Waals surface area contributed by atoms with Gasteiger partial charge in [0.05, 0.1) is 24.6 Å². The standard InChI is InChI=1S/C24H22ClN3O4/c1-12-5-7-15-14(10-12)24(23(31)26-15)20-19(16-4-3-9-27(16)24)21(29)28(22(20)30)17-11-13(25)6-8-18(17)32-2/h5-8,10-11,16,19-20H,3-4,9H2,1-2H3,(H,26,31)/t16-,19+,20+,24+/m0/s1. The molecule has 4 heterocycles. The lowest BCUT2D eigenvalue weighted by atomic mass is 9.75. The smallest absolute Gasteiger partial charge is 0.250 e. The number of nitrogens with zero attached hydrogens (tertiary/aromatic N) is 2. The van der Waals surface area contributed by atoms with Gasteiger partial charge in [-0.3, -0.25) is 19.3 Å². The molecule has 0 radical (unpaired) electrons. The van der Waals surface area contributed by atoms with Gasteiger partial charge in [0.1, 0.15) is 11.3 Å². The van der Waals surface area contributed by atoms with E-state index in [0.717, 1.165) is 24.0 Å². The fourth-order valence-electron chi connectivity index (χ4n) is 6.39. The molecule has 4 aliphatic rings. The number of carbonyl (C=O) groups excluding carboxylic acids is 3. The minimum absolute atomic E-state index is 0.163. The molecular weight excluding hydrogens is 430 g/mol. The van der Waals surface area contributed by atoms with Crippen LogP contribution < -0.4 is 15.0 Å². The van der Waals surface area contributed by atoms with Crippen LogP contribution in [0.15, 0.2) is 36.4 Å². The van der Waals surface area contributed by atoms with Crippen molar-refractivity contribution in [2.24, 2.45) is 11.8 Å². The minimum Gasteiger partial charge on any atom is -0.495 e. The second kappa shape index (κ2) is 6.56. The largest absolute Gasteiger partial charge is 0.495 e. The first kappa shape index (κ1) is 19.8. The Morgan fingerprint density at radius 1 is 1.12 bits per heavy atom. The SMILES string of the molecule is COc1ccc(Cl)cc1N1C(=O)[C@@H]2[C@@H]3CCCN3[C@@]3(C(=O)Nc4ccc(C)cc43)[C@H]2C1=O. The van der Waals surface area contributed by atoms with Crippen LogP contribution >= 0.6 is 11.6 Å². The van der Waals surface area contributed by atoms with Crippen LogP contribution in [0.25, 0.3) is 0 Å². The number of methoxy groups -OCH3 is 1. The van der Waals surface area contributed by atoms with E-state index in [1.54, 1.807) is 18.2 Å². The van der Waals surface area contributed by atoms with Gasteiger partial charge in [-0.25, -0.2) is 4.90 Å². The Morgan fingerprint density at radius 2 is 1.94 bits per heavy atom. The molecule has 1 spiro atoms. The molecule has 164 valence electrons. The number of nitrogens with one attached hydrogen (secondary N) is 1. The molecule has 0 bridgehead atoms. The van der Waals surface area contributed by atoms with Crippen molar-refractivity contribution in [3.05, 3.63) is 52.5 Å². The monoisotopic (exact) mass is 451 g/mol. The molecule has 3 saturated heterocycles. The minimum atomic E-state index is -1.18. The molecule has 2 aromatic rings. The summed E-state index contributed by atoms with van der Waals surface area (Å²) in [7, 11) is 1.49. The number of carbonyl (C=O) groups is 3. The third-order valence-electron chi connectivity index (χ3n) is 7.53. The predicted octanol–water partition coefficient (Wildman–Crippen LogP) is 3.09. The van der Waals surface area contributed by atoms with E-state index >= 15 is 0 Å². The summed E-state index contributed by atoms with van der Waals surface area (Å²) in [5.74, 6) is -1.89. The summed E-state index contributed by atoms with van der Waals surface area (Å²) >= 11 is 6.21. The first-order valence-electron chi connectivity index (χ1n) is 10.8. The van der Waals surface area contributed by atoms with Crippen molar-refractivity contribution in [2.75, 3.05) is 23.9 Å². The highest BCUT2D eigenvalue weighted by molar-refractivity contribution is 6.32. The molecule has 32 heavy (non-hydrogen) atoms. The lowest BCUT2D eigenvalue weighted by molar-refractivity contribution is -0.135. The maximum Gasteiger partial charge on any atom is 0.250 e. The van der Waals surface area contributed by atoms with Crippen LogP contribution in [0.2, 0.25) is 5.02 Å². The summed E-state index contributed by atoms with van der Waals surface area (Å²) in [5.41, 5.74) is 1.66. The Balaban J connectivity index is 1.57. The average Bonchev–Trinajstić information content (AvgIpc) is 3.46. The Hall–Kier alpha value is -2.90. The van der Waals surface area contributed by atoms with E-state index in [-0.39, 0.29) is 23.8 Å². The zero-order chi connectivity index (χ0) is 22.4. The molecule has 4 aliphatic heterocycles. The van der Waals surface area contributed by atoms with Crippen LogP contribution in [0.4, 0.5) is 11.4 Å². The number of hydrogen-bond donors (Lipinski definition) is 1. The molecule has 4 atom stereocenters. The van der Waals surface area contributed by atoms with Gasteiger partial charge in [0.2, 0.25) is 17.7 Å². The number of rotatable bonds is 2. The fraction of sp³-hybridized carbons (Fsp3) is 0.375. The highest BCUT2D eigenvalue weighted by Crippen LogP contribution is 2.61. The van der Waals surface area contributed by atoms with Crippen molar-refractivity contribution >= 4 is 40.7 Å². The van der Waals surface area contributed by atoms with Crippen molar-refractivity contribution < 1.29 is 19.1 Å². The van der Waals surface area contributed by atoms with E-state index in [0.29, 0.717) is 28.7 Å². The number of ether oxygens (including phenoxy) is 1. The van der Waals surface area contributed by atoms with Crippen LogP contribution in [-0.4, -0.2) is 42.3 Å². The number of halogens is 1. The summed E-state index contributed by atoms with van der Waals surface area (Å²) in [6, 6.07) is 10.5. The zero-order valence-corrected chi connectivity index (χ0v) is 18.5. The van der Waals surface area contributed by atoms with Crippen molar-refractivity contribution in [3.8, 4) is 5.75 Å². The normalized spacial score (nSPS) is 30.7. The summed E-state index contributed by atoms with van der Waals surface area (Å²) in [5, 5.41) is 3.39. The average molecular weight is 452 g/mol. The quantitative estimate of drug-likeness (QED) is 0.710. The Bertz CT molecular complexity index is 1210.